The molecule has 30 heavy (non-hydrogen) atoms. The number of benzene rings is 2. The zero-order chi connectivity index (χ0) is 21.7. The summed E-state index contributed by atoms with van der Waals surface area (Å²) in [5.74, 6) is 1.78. The summed E-state index contributed by atoms with van der Waals surface area (Å²) in [6.45, 7) is 1.16. The molecule has 0 aliphatic carbocycles. The molecular formula is C21H26N2O6S. The van der Waals surface area contributed by atoms with Crippen molar-refractivity contribution in [1.82, 2.24) is 4.90 Å². The van der Waals surface area contributed by atoms with E-state index in [-0.39, 0.29) is 23.3 Å². The first-order chi connectivity index (χ1) is 14.3. The van der Waals surface area contributed by atoms with Crippen LogP contribution in [0.15, 0.2) is 47.4 Å². The lowest BCUT2D eigenvalue weighted by molar-refractivity contribution is -0.132. The summed E-state index contributed by atoms with van der Waals surface area (Å²) in [5.41, 5.74) is 0.740. The van der Waals surface area contributed by atoms with Gasteiger partial charge in [-0.1, -0.05) is 18.2 Å². The van der Waals surface area contributed by atoms with Crippen LogP contribution in [0.2, 0.25) is 0 Å². The largest absolute Gasteiger partial charge is 0.493 e. The topological polar surface area (TPSA) is 108 Å². The third-order valence-corrected chi connectivity index (χ3v) is 6.00. The van der Waals surface area contributed by atoms with Gasteiger partial charge in [0, 0.05) is 25.9 Å². The van der Waals surface area contributed by atoms with Crippen molar-refractivity contribution in [2.45, 2.75) is 30.3 Å². The van der Waals surface area contributed by atoms with Crippen molar-refractivity contribution in [3.63, 3.8) is 0 Å². The van der Waals surface area contributed by atoms with Crippen molar-refractivity contribution in [3.8, 4) is 17.2 Å². The molecule has 0 radical (unpaired) electrons. The SMILES string of the molecule is COc1cccc(OC)c1OC1CCN(C(=O)Cc2ccc(S(N)(=O)=O)cc2)CC1. The van der Waals surface area contributed by atoms with E-state index in [0.717, 1.165) is 5.56 Å². The molecule has 162 valence electrons. The van der Waals surface area contributed by atoms with E-state index in [1.807, 2.05) is 18.2 Å². The van der Waals surface area contributed by atoms with E-state index in [0.29, 0.717) is 43.2 Å². The third kappa shape index (κ3) is 5.22. The Labute approximate surface area is 176 Å². The van der Waals surface area contributed by atoms with Crippen LogP contribution in [-0.4, -0.2) is 52.6 Å². The Morgan fingerprint density at radius 2 is 1.60 bits per heavy atom. The van der Waals surface area contributed by atoms with Crippen LogP contribution in [0.4, 0.5) is 0 Å². The third-order valence-electron chi connectivity index (χ3n) is 5.07. The molecule has 2 aromatic carbocycles. The molecule has 0 aromatic heterocycles. The van der Waals surface area contributed by atoms with Crippen LogP contribution in [0.1, 0.15) is 18.4 Å². The highest BCUT2D eigenvalue weighted by Crippen LogP contribution is 2.38. The predicted molar refractivity (Wildman–Crippen MR) is 111 cm³/mol. The van der Waals surface area contributed by atoms with E-state index in [1.165, 1.54) is 12.1 Å². The highest BCUT2D eigenvalue weighted by atomic mass is 32.2. The number of hydrogen-bond donors (Lipinski definition) is 1. The second-order valence-corrected chi connectivity index (χ2v) is 8.62. The minimum atomic E-state index is -3.74. The number of carbonyl (C=O) groups is 1. The average molecular weight is 435 g/mol. The van der Waals surface area contributed by atoms with Crippen molar-refractivity contribution >= 4 is 15.9 Å². The van der Waals surface area contributed by atoms with Crippen molar-refractivity contribution in [2.24, 2.45) is 5.14 Å². The van der Waals surface area contributed by atoms with Crippen molar-refractivity contribution in [1.29, 1.82) is 0 Å². The molecule has 1 amide bonds. The molecule has 1 fully saturated rings. The molecule has 1 heterocycles. The lowest BCUT2D eigenvalue weighted by Gasteiger charge is -2.32. The van der Waals surface area contributed by atoms with Crippen LogP contribution in [0.5, 0.6) is 17.2 Å². The van der Waals surface area contributed by atoms with E-state index in [2.05, 4.69) is 0 Å². The molecule has 2 N–H and O–H groups in total. The molecule has 2 aromatic rings. The highest BCUT2D eigenvalue weighted by molar-refractivity contribution is 7.89. The fourth-order valence-electron chi connectivity index (χ4n) is 3.41. The number of carbonyl (C=O) groups excluding carboxylic acids is 1. The molecule has 1 saturated heterocycles. The molecule has 1 aliphatic heterocycles. The quantitative estimate of drug-likeness (QED) is 0.714. The summed E-state index contributed by atoms with van der Waals surface area (Å²) in [5, 5.41) is 5.10. The van der Waals surface area contributed by atoms with E-state index < -0.39 is 10.0 Å². The lowest BCUT2D eigenvalue weighted by Crippen LogP contribution is -2.42. The fourth-order valence-corrected chi connectivity index (χ4v) is 3.92. The number of sulfonamides is 1. The molecule has 1 aliphatic rings. The second kappa shape index (κ2) is 9.36. The van der Waals surface area contributed by atoms with Gasteiger partial charge in [-0.3, -0.25) is 4.79 Å². The van der Waals surface area contributed by atoms with Crippen LogP contribution in [-0.2, 0) is 21.2 Å². The lowest BCUT2D eigenvalue weighted by atomic mass is 10.1. The Morgan fingerprint density at radius 1 is 1.03 bits per heavy atom. The maximum Gasteiger partial charge on any atom is 0.238 e. The first-order valence-electron chi connectivity index (χ1n) is 9.59. The number of likely N-dealkylation sites (tertiary alicyclic amines) is 1. The Balaban J connectivity index is 1.56. The zero-order valence-electron chi connectivity index (χ0n) is 17.0. The van der Waals surface area contributed by atoms with Crippen LogP contribution >= 0.6 is 0 Å². The number of nitrogens with zero attached hydrogens (tertiary/aromatic N) is 1. The van der Waals surface area contributed by atoms with Gasteiger partial charge in [-0.2, -0.15) is 0 Å². The van der Waals surface area contributed by atoms with Crippen molar-refractivity contribution in [2.75, 3.05) is 27.3 Å². The van der Waals surface area contributed by atoms with E-state index in [1.54, 1.807) is 31.3 Å². The fraction of sp³-hybridized carbons (Fsp3) is 0.381. The van der Waals surface area contributed by atoms with E-state index in [9.17, 15) is 13.2 Å². The van der Waals surface area contributed by atoms with Gasteiger partial charge in [0.15, 0.2) is 11.5 Å². The summed E-state index contributed by atoms with van der Waals surface area (Å²) < 4.78 is 39.5. The number of hydrogen-bond acceptors (Lipinski definition) is 6. The van der Waals surface area contributed by atoms with Gasteiger partial charge in [-0.15, -0.1) is 0 Å². The van der Waals surface area contributed by atoms with Gasteiger partial charge in [-0.05, 0) is 29.8 Å². The summed E-state index contributed by atoms with van der Waals surface area (Å²) in [7, 11) is -0.574. The van der Waals surface area contributed by atoms with Gasteiger partial charge in [0.2, 0.25) is 21.7 Å². The molecule has 3 rings (SSSR count). The molecule has 0 bridgehead atoms. The van der Waals surface area contributed by atoms with Gasteiger partial charge in [0.05, 0.1) is 25.5 Å². The predicted octanol–water partition coefficient (Wildman–Crippen LogP) is 1.96. The van der Waals surface area contributed by atoms with Crippen LogP contribution < -0.4 is 19.3 Å². The molecule has 0 unspecified atom stereocenters. The summed E-state index contributed by atoms with van der Waals surface area (Å²) in [6, 6.07) is 11.5. The van der Waals surface area contributed by atoms with Crippen molar-refractivity contribution < 1.29 is 27.4 Å². The maximum absolute atomic E-state index is 12.6. The van der Waals surface area contributed by atoms with Gasteiger partial charge >= 0.3 is 0 Å². The van der Waals surface area contributed by atoms with Gasteiger partial charge < -0.3 is 19.1 Å². The van der Waals surface area contributed by atoms with Gasteiger partial charge in [-0.25, -0.2) is 13.6 Å². The standard InChI is InChI=1S/C21H26N2O6S/c1-27-18-4-3-5-19(28-2)21(18)29-16-10-12-23(13-11-16)20(24)14-15-6-8-17(9-7-15)30(22,25)26/h3-9,16H,10-14H2,1-2H3,(H2,22,25,26). The first kappa shape index (κ1) is 21.9. The number of nitrogens with two attached hydrogens (primary N) is 1. The first-order valence-corrected chi connectivity index (χ1v) is 11.1. The number of ether oxygens (including phenoxy) is 3. The molecule has 0 saturated carbocycles. The zero-order valence-corrected chi connectivity index (χ0v) is 17.9. The Morgan fingerprint density at radius 3 is 2.10 bits per heavy atom. The van der Waals surface area contributed by atoms with Crippen LogP contribution in [0.25, 0.3) is 0 Å². The molecule has 9 heteroatoms. The Kier molecular flexibility index (Phi) is 6.84. The Bertz CT molecular complexity index is 961. The summed E-state index contributed by atoms with van der Waals surface area (Å²) >= 11 is 0. The number of primary sulfonamides is 1. The summed E-state index contributed by atoms with van der Waals surface area (Å²) in [6.07, 6.45) is 1.54. The number of piperidine rings is 1. The molecule has 8 nitrogen and oxygen atoms in total. The van der Waals surface area contributed by atoms with Gasteiger partial charge in [0.1, 0.15) is 6.10 Å². The molecular weight excluding hydrogens is 408 g/mol. The van der Waals surface area contributed by atoms with Crippen LogP contribution in [0, 0.1) is 0 Å². The monoisotopic (exact) mass is 434 g/mol. The minimum Gasteiger partial charge on any atom is -0.493 e. The number of methoxy groups -OCH3 is 2. The number of rotatable bonds is 7. The molecule has 0 spiro atoms. The maximum atomic E-state index is 12.6. The number of amides is 1. The van der Waals surface area contributed by atoms with Crippen LogP contribution in [0.3, 0.4) is 0 Å². The normalized spacial score (nSPS) is 15.0. The van der Waals surface area contributed by atoms with Gasteiger partial charge in [0.25, 0.3) is 0 Å². The summed E-state index contributed by atoms with van der Waals surface area (Å²) in [4.78, 5) is 14.4. The van der Waals surface area contributed by atoms with E-state index >= 15 is 0 Å². The highest BCUT2D eigenvalue weighted by Gasteiger charge is 2.26. The minimum absolute atomic E-state index is 0.00771. The molecule has 0 atom stereocenters. The van der Waals surface area contributed by atoms with Crippen molar-refractivity contribution in [3.05, 3.63) is 48.0 Å². The number of para-hydroxylation sites is 1. The van der Waals surface area contributed by atoms with E-state index in [4.69, 9.17) is 19.3 Å². The smallest absolute Gasteiger partial charge is 0.238 e. The second-order valence-electron chi connectivity index (χ2n) is 7.06. The Hall–Kier alpha value is -2.78. The average Bonchev–Trinajstić information content (AvgIpc) is 2.74.